The topological polar surface area (TPSA) is 26.5 Å². The summed E-state index contributed by atoms with van der Waals surface area (Å²) in [7, 11) is 0. The van der Waals surface area contributed by atoms with Gasteiger partial charge in [0.25, 0.3) is 0 Å². The van der Waals surface area contributed by atoms with Crippen LogP contribution in [-0.4, -0.2) is 6.34 Å². The van der Waals surface area contributed by atoms with Gasteiger partial charge in [-0.2, -0.15) is 0 Å². The van der Waals surface area contributed by atoms with Gasteiger partial charge in [-0.3, -0.25) is 5.32 Å². The molecule has 1 aromatic rings. The minimum absolute atomic E-state index is 0.777. The minimum Gasteiger partial charge on any atom is -0.269 e. The van der Waals surface area contributed by atoms with Crippen molar-refractivity contribution in [3.63, 3.8) is 0 Å². The number of fused-ring (bicyclic) bond motifs is 1. The van der Waals surface area contributed by atoms with Gasteiger partial charge in [0.15, 0.2) is 0 Å². The molecule has 1 aromatic carbocycles. The van der Waals surface area contributed by atoms with E-state index >= 15 is 0 Å². The summed E-state index contributed by atoms with van der Waals surface area (Å²) in [6, 6.07) is 8.05. The first-order valence-corrected chi connectivity index (χ1v) is 3.24. The molecular formula is C8H7N2. The molecule has 1 aliphatic heterocycles. The molecule has 0 atom stereocenters. The molecule has 0 aliphatic carbocycles. The highest BCUT2D eigenvalue weighted by atomic mass is 15.0. The molecule has 10 heavy (non-hydrogen) atoms. The van der Waals surface area contributed by atoms with Gasteiger partial charge in [-0.1, -0.05) is 18.2 Å². The van der Waals surface area contributed by atoms with Crippen molar-refractivity contribution < 1.29 is 0 Å². The number of hydrogen-bond donors (Lipinski definition) is 0. The molecule has 0 amide bonds. The number of benzene rings is 1. The lowest BCUT2D eigenvalue weighted by Crippen LogP contribution is -2.05. The minimum atomic E-state index is 0.777. The van der Waals surface area contributed by atoms with Crippen molar-refractivity contribution in [3.8, 4) is 0 Å². The Bertz CT molecular complexity index is 266. The third kappa shape index (κ3) is 0.778. The fraction of sp³-hybridized carbons (Fsp3) is 0.125. The largest absolute Gasteiger partial charge is 0.269 e. The van der Waals surface area contributed by atoms with Crippen molar-refractivity contribution in [1.29, 1.82) is 0 Å². The molecule has 2 rings (SSSR count). The first-order chi connectivity index (χ1) is 4.97. The quantitative estimate of drug-likeness (QED) is 0.509. The van der Waals surface area contributed by atoms with Gasteiger partial charge in [-0.15, -0.1) is 0 Å². The Labute approximate surface area is 59.6 Å². The first kappa shape index (κ1) is 5.47. The fourth-order valence-electron chi connectivity index (χ4n) is 1.01. The van der Waals surface area contributed by atoms with E-state index in [1.165, 1.54) is 5.56 Å². The SMILES string of the molecule is C1=Nc2ccccc2C[N]1. The van der Waals surface area contributed by atoms with Crippen LogP contribution in [0, 0.1) is 0 Å². The van der Waals surface area contributed by atoms with E-state index in [-0.39, 0.29) is 0 Å². The normalized spacial score (nSPS) is 14.0. The summed E-state index contributed by atoms with van der Waals surface area (Å²) in [5.74, 6) is 0. The van der Waals surface area contributed by atoms with Crippen molar-refractivity contribution in [2.45, 2.75) is 6.54 Å². The summed E-state index contributed by atoms with van der Waals surface area (Å²) in [4.78, 5) is 4.10. The lowest BCUT2D eigenvalue weighted by atomic mass is 10.2. The standard InChI is InChI=1S/C8H7N2/c1-2-4-8-7(3-1)5-9-6-10-8/h1-4,6H,5H2. The summed E-state index contributed by atoms with van der Waals surface area (Å²) in [5, 5.41) is 4.03. The Balaban J connectivity index is 2.54. The van der Waals surface area contributed by atoms with Crippen molar-refractivity contribution in [2.24, 2.45) is 4.99 Å². The summed E-state index contributed by atoms with van der Waals surface area (Å²) < 4.78 is 0. The van der Waals surface area contributed by atoms with Crippen LogP contribution < -0.4 is 5.32 Å². The molecule has 1 aliphatic rings. The highest BCUT2D eigenvalue weighted by molar-refractivity contribution is 5.65. The Morgan fingerprint density at radius 1 is 1.20 bits per heavy atom. The predicted molar refractivity (Wildman–Crippen MR) is 40.4 cm³/mol. The van der Waals surface area contributed by atoms with Crippen LogP contribution in [0.15, 0.2) is 29.3 Å². The lowest BCUT2D eigenvalue weighted by molar-refractivity contribution is 0.897. The molecule has 0 spiro atoms. The van der Waals surface area contributed by atoms with Gasteiger partial charge in [-0.25, -0.2) is 4.99 Å². The van der Waals surface area contributed by atoms with Crippen molar-refractivity contribution >= 4 is 12.0 Å². The van der Waals surface area contributed by atoms with E-state index in [2.05, 4.69) is 16.4 Å². The molecular weight excluding hydrogens is 124 g/mol. The average molecular weight is 131 g/mol. The molecule has 0 unspecified atom stereocenters. The summed E-state index contributed by atoms with van der Waals surface area (Å²) >= 11 is 0. The van der Waals surface area contributed by atoms with E-state index in [9.17, 15) is 0 Å². The second-order valence-electron chi connectivity index (χ2n) is 2.21. The van der Waals surface area contributed by atoms with Gasteiger partial charge in [-0.05, 0) is 11.6 Å². The Morgan fingerprint density at radius 2 is 2.10 bits per heavy atom. The molecule has 0 saturated heterocycles. The zero-order valence-corrected chi connectivity index (χ0v) is 5.49. The maximum absolute atomic E-state index is 4.10. The van der Waals surface area contributed by atoms with Crippen molar-refractivity contribution in [3.05, 3.63) is 29.8 Å². The molecule has 49 valence electrons. The molecule has 0 bridgehead atoms. The smallest absolute Gasteiger partial charge is 0.110 e. The van der Waals surface area contributed by atoms with Crippen LogP contribution in [0.3, 0.4) is 0 Å². The van der Waals surface area contributed by atoms with E-state index in [0.29, 0.717) is 0 Å². The molecule has 0 saturated carbocycles. The Kier molecular flexibility index (Phi) is 1.17. The van der Waals surface area contributed by atoms with Gasteiger partial charge in [0.2, 0.25) is 0 Å². The van der Waals surface area contributed by atoms with E-state index in [1.54, 1.807) is 6.34 Å². The second kappa shape index (κ2) is 2.14. The third-order valence-electron chi connectivity index (χ3n) is 1.53. The van der Waals surface area contributed by atoms with Crippen LogP contribution in [-0.2, 0) is 6.54 Å². The average Bonchev–Trinajstić information content (AvgIpc) is 2.05. The number of rotatable bonds is 0. The zero-order chi connectivity index (χ0) is 6.81. The zero-order valence-electron chi connectivity index (χ0n) is 5.49. The Morgan fingerprint density at radius 3 is 3.00 bits per heavy atom. The first-order valence-electron chi connectivity index (χ1n) is 3.24. The summed E-state index contributed by atoms with van der Waals surface area (Å²) in [6.45, 7) is 0.777. The third-order valence-corrected chi connectivity index (χ3v) is 1.53. The molecule has 2 heteroatoms. The van der Waals surface area contributed by atoms with Gasteiger partial charge in [0, 0.05) is 0 Å². The predicted octanol–water partition coefficient (Wildman–Crippen LogP) is 1.46. The molecule has 0 fully saturated rings. The highest BCUT2D eigenvalue weighted by Gasteiger charge is 2.02. The second-order valence-corrected chi connectivity index (χ2v) is 2.21. The van der Waals surface area contributed by atoms with Crippen LogP contribution in [0.5, 0.6) is 0 Å². The van der Waals surface area contributed by atoms with E-state index in [0.717, 1.165) is 12.2 Å². The number of aliphatic imine (C=N–C) groups is 1. The van der Waals surface area contributed by atoms with Crippen LogP contribution in [0.25, 0.3) is 0 Å². The van der Waals surface area contributed by atoms with Crippen LogP contribution >= 0.6 is 0 Å². The summed E-state index contributed by atoms with van der Waals surface area (Å²) in [5.41, 5.74) is 2.27. The monoisotopic (exact) mass is 131 g/mol. The van der Waals surface area contributed by atoms with Gasteiger partial charge in [0.05, 0.1) is 12.2 Å². The number of hydrogen-bond acceptors (Lipinski definition) is 1. The van der Waals surface area contributed by atoms with Crippen LogP contribution in [0.2, 0.25) is 0 Å². The molecule has 0 aromatic heterocycles. The summed E-state index contributed by atoms with van der Waals surface area (Å²) in [6.07, 6.45) is 1.61. The van der Waals surface area contributed by atoms with E-state index in [4.69, 9.17) is 0 Å². The van der Waals surface area contributed by atoms with Gasteiger partial charge in [0.1, 0.15) is 6.34 Å². The number of nitrogens with zero attached hydrogens (tertiary/aromatic N) is 2. The maximum Gasteiger partial charge on any atom is 0.110 e. The van der Waals surface area contributed by atoms with E-state index < -0.39 is 0 Å². The van der Waals surface area contributed by atoms with E-state index in [1.807, 2.05) is 18.2 Å². The maximum atomic E-state index is 4.10. The Hall–Kier alpha value is -1.31. The molecule has 1 heterocycles. The van der Waals surface area contributed by atoms with Crippen molar-refractivity contribution in [2.75, 3.05) is 0 Å². The van der Waals surface area contributed by atoms with Gasteiger partial charge < -0.3 is 0 Å². The van der Waals surface area contributed by atoms with Crippen LogP contribution in [0.1, 0.15) is 5.56 Å². The molecule has 2 nitrogen and oxygen atoms in total. The highest BCUT2D eigenvalue weighted by Crippen LogP contribution is 2.19. The van der Waals surface area contributed by atoms with Gasteiger partial charge >= 0.3 is 0 Å². The van der Waals surface area contributed by atoms with Crippen molar-refractivity contribution in [1.82, 2.24) is 5.32 Å². The number of para-hydroxylation sites is 1. The lowest BCUT2D eigenvalue weighted by Gasteiger charge is -2.07. The fourth-order valence-corrected chi connectivity index (χ4v) is 1.01. The molecule has 1 radical (unpaired) electrons. The molecule has 0 N–H and O–H groups in total. The van der Waals surface area contributed by atoms with Crippen LogP contribution in [0.4, 0.5) is 5.69 Å².